The Bertz CT molecular complexity index is 294. The van der Waals surface area contributed by atoms with Gasteiger partial charge in [0.25, 0.3) is 0 Å². The monoisotopic (exact) mass is 295 g/mol. The van der Waals surface area contributed by atoms with E-state index in [0.717, 1.165) is 18.0 Å². The second kappa shape index (κ2) is 8.50. The smallest absolute Gasteiger partial charge is 0.0255 e. The maximum absolute atomic E-state index is 3.63. The summed E-state index contributed by atoms with van der Waals surface area (Å²) in [6.45, 7) is 8.53. The summed E-state index contributed by atoms with van der Waals surface area (Å²) in [7, 11) is 4.46. The summed E-state index contributed by atoms with van der Waals surface area (Å²) in [5.41, 5.74) is 0. The average Bonchev–Trinajstić information content (AvgIpc) is 2.68. The largest absolute Gasteiger partial charge is 0.315 e. The summed E-state index contributed by atoms with van der Waals surface area (Å²) in [6.07, 6.45) is 9.61. The van der Waals surface area contributed by atoms with Crippen molar-refractivity contribution < 1.29 is 0 Å². The van der Waals surface area contributed by atoms with Crippen molar-refractivity contribution in [3.63, 3.8) is 0 Å². The van der Waals surface area contributed by atoms with Gasteiger partial charge in [0.05, 0.1) is 0 Å². The van der Waals surface area contributed by atoms with Gasteiger partial charge in [0.2, 0.25) is 0 Å². The number of nitrogens with zero attached hydrogens (tertiary/aromatic N) is 2. The summed E-state index contributed by atoms with van der Waals surface area (Å²) >= 11 is 0. The Balaban J connectivity index is 2.09. The summed E-state index contributed by atoms with van der Waals surface area (Å²) in [6, 6.07) is 2.21. The zero-order valence-corrected chi connectivity index (χ0v) is 14.8. The van der Waals surface area contributed by atoms with Crippen molar-refractivity contribution >= 4 is 0 Å². The first-order valence-corrected chi connectivity index (χ1v) is 9.31. The van der Waals surface area contributed by atoms with Gasteiger partial charge in [-0.3, -0.25) is 4.90 Å². The van der Waals surface area contributed by atoms with Gasteiger partial charge in [-0.2, -0.15) is 0 Å². The predicted molar refractivity (Wildman–Crippen MR) is 91.8 cm³/mol. The van der Waals surface area contributed by atoms with Crippen LogP contribution in [0.1, 0.15) is 58.8 Å². The van der Waals surface area contributed by atoms with E-state index in [4.69, 9.17) is 0 Å². The molecule has 1 heterocycles. The molecule has 1 N–H and O–H groups in total. The lowest BCUT2D eigenvalue weighted by Crippen LogP contribution is -2.56. The van der Waals surface area contributed by atoms with Crippen molar-refractivity contribution in [2.24, 2.45) is 5.92 Å². The van der Waals surface area contributed by atoms with E-state index in [-0.39, 0.29) is 0 Å². The molecule has 0 aromatic heterocycles. The van der Waals surface area contributed by atoms with Crippen molar-refractivity contribution in [2.75, 3.05) is 33.7 Å². The van der Waals surface area contributed by atoms with E-state index >= 15 is 0 Å². The van der Waals surface area contributed by atoms with Gasteiger partial charge < -0.3 is 10.2 Å². The molecule has 1 aliphatic heterocycles. The summed E-state index contributed by atoms with van der Waals surface area (Å²) in [5, 5.41) is 3.63. The predicted octanol–water partition coefficient (Wildman–Crippen LogP) is 2.96. The minimum Gasteiger partial charge on any atom is -0.315 e. The van der Waals surface area contributed by atoms with Gasteiger partial charge in [-0.15, -0.1) is 0 Å². The van der Waals surface area contributed by atoms with Gasteiger partial charge in [0, 0.05) is 31.2 Å². The third-order valence-corrected chi connectivity index (χ3v) is 5.84. The lowest BCUT2D eigenvalue weighted by molar-refractivity contribution is 0.0592. The average molecular weight is 296 g/mol. The van der Waals surface area contributed by atoms with Crippen LogP contribution in [-0.2, 0) is 0 Å². The standard InChI is InChI=1S/C18H37N3/c1-5-8-15-9-10-17(19-3)18(13-15)21-12-7-11-20(4)14-16(21)6-2/h15-19H,5-14H2,1-4H3. The van der Waals surface area contributed by atoms with Gasteiger partial charge in [-0.25, -0.2) is 0 Å². The first-order valence-electron chi connectivity index (χ1n) is 9.31. The Labute approximate surface area is 132 Å². The molecule has 0 aromatic carbocycles. The van der Waals surface area contributed by atoms with E-state index in [1.165, 1.54) is 64.6 Å². The molecular weight excluding hydrogens is 258 g/mol. The Kier molecular flexibility index (Phi) is 6.97. The Morgan fingerprint density at radius 3 is 2.62 bits per heavy atom. The van der Waals surface area contributed by atoms with Crippen LogP contribution in [0.4, 0.5) is 0 Å². The van der Waals surface area contributed by atoms with Crippen molar-refractivity contribution in [3.05, 3.63) is 0 Å². The minimum absolute atomic E-state index is 0.704. The highest BCUT2D eigenvalue weighted by Gasteiger charge is 2.36. The molecule has 0 amide bonds. The van der Waals surface area contributed by atoms with Gasteiger partial charge in [-0.05, 0) is 58.7 Å². The van der Waals surface area contributed by atoms with Crippen LogP contribution in [0.15, 0.2) is 0 Å². The Morgan fingerprint density at radius 2 is 1.95 bits per heavy atom. The van der Waals surface area contributed by atoms with E-state index in [1.54, 1.807) is 0 Å². The number of rotatable bonds is 5. The second-order valence-corrected chi connectivity index (χ2v) is 7.35. The Hall–Kier alpha value is -0.120. The molecule has 1 saturated heterocycles. The fourth-order valence-electron chi connectivity index (χ4n) is 4.67. The van der Waals surface area contributed by atoms with Gasteiger partial charge in [-0.1, -0.05) is 26.7 Å². The lowest BCUT2D eigenvalue weighted by atomic mass is 9.79. The third-order valence-electron chi connectivity index (χ3n) is 5.84. The van der Waals surface area contributed by atoms with E-state index in [1.807, 2.05) is 0 Å². The first-order chi connectivity index (χ1) is 10.2. The van der Waals surface area contributed by atoms with E-state index in [0.29, 0.717) is 6.04 Å². The zero-order valence-electron chi connectivity index (χ0n) is 14.8. The summed E-state index contributed by atoms with van der Waals surface area (Å²) in [5.74, 6) is 0.961. The molecule has 3 heteroatoms. The zero-order chi connectivity index (χ0) is 15.2. The molecule has 0 radical (unpaired) electrons. The van der Waals surface area contributed by atoms with E-state index < -0.39 is 0 Å². The van der Waals surface area contributed by atoms with Crippen LogP contribution in [0.25, 0.3) is 0 Å². The minimum atomic E-state index is 0.704. The lowest BCUT2D eigenvalue weighted by Gasteiger charge is -2.45. The highest BCUT2D eigenvalue weighted by atomic mass is 15.3. The van der Waals surface area contributed by atoms with Crippen LogP contribution in [0, 0.1) is 5.92 Å². The van der Waals surface area contributed by atoms with Crippen LogP contribution < -0.4 is 5.32 Å². The van der Waals surface area contributed by atoms with Crippen LogP contribution in [0.2, 0.25) is 0 Å². The maximum atomic E-state index is 3.63. The quantitative estimate of drug-likeness (QED) is 0.841. The number of likely N-dealkylation sites (N-methyl/N-ethyl adjacent to an activating group) is 2. The summed E-state index contributed by atoms with van der Waals surface area (Å²) < 4.78 is 0. The number of nitrogens with one attached hydrogen (secondary N) is 1. The molecule has 0 bridgehead atoms. The molecule has 2 aliphatic rings. The third kappa shape index (κ3) is 4.43. The van der Waals surface area contributed by atoms with E-state index in [2.05, 4.69) is 43.1 Å². The van der Waals surface area contributed by atoms with E-state index in [9.17, 15) is 0 Å². The molecule has 1 saturated carbocycles. The SMILES string of the molecule is CCCC1CCC(NC)C(N2CCCN(C)CC2CC)C1. The molecule has 124 valence electrons. The molecule has 21 heavy (non-hydrogen) atoms. The molecule has 4 unspecified atom stereocenters. The number of hydrogen-bond acceptors (Lipinski definition) is 3. The van der Waals surface area contributed by atoms with Crippen molar-refractivity contribution in [2.45, 2.75) is 76.9 Å². The molecule has 0 aromatic rings. The molecule has 1 aliphatic carbocycles. The first kappa shape index (κ1) is 17.2. The highest BCUT2D eigenvalue weighted by molar-refractivity contribution is 4.94. The van der Waals surface area contributed by atoms with Crippen LogP contribution in [0.3, 0.4) is 0 Å². The second-order valence-electron chi connectivity index (χ2n) is 7.35. The highest BCUT2D eigenvalue weighted by Crippen LogP contribution is 2.33. The fourth-order valence-corrected chi connectivity index (χ4v) is 4.67. The molecule has 3 nitrogen and oxygen atoms in total. The van der Waals surface area contributed by atoms with Crippen LogP contribution >= 0.6 is 0 Å². The molecule has 2 fully saturated rings. The fraction of sp³-hybridized carbons (Fsp3) is 1.00. The van der Waals surface area contributed by atoms with Crippen molar-refractivity contribution in [1.82, 2.24) is 15.1 Å². The summed E-state index contributed by atoms with van der Waals surface area (Å²) in [4.78, 5) is 5.42. The van der Waals surface area contributed by atoms with Gasteiger partial charge in [0.1, 0.15) is 0 Å². The molecule has 2 rings (SSSR count). The van der Waals surface area contributed by atoms with Crippen molar-refractivity contribution in [3.8, 4) is 0 Å². The van der Waals surface area contributed by atoms with Gasteiger partial charge >= 0.3 is 0 Å². The van der Waals surface area contributed by atoms with Crippen molar-refractivity contribution in [1.29, 1.82) is 0 Å². The normalized spacial score (nSPS) is 36.6. The topological polar surface area (TPSA) is 18.5 Å². The maximum Gasteiger partial charge on any atom is 0.0255 e. The van der Waals surface area contributed by atoms with Gasteiger partial charge in [0.15, 0.2) is 0 Å². The molecule has 0 spiro atoms. The molecular formula is C18H37N3. The van der Waals surface area contributed by atoms with Crippen LogP contribution in [0.5, 0.6) is 0 Å². The number of hydrogen-bond donors (Lipinski definition) is 1. The molecule has 4 atom stereocenters. The Morgan fingerprint density at radius 1 is 1.14 bits per heavy atom. The van der Waals surface area contributed by atoms with Crippen LogP contribution in [-0.4, -0.2) is 61.7 Å².